The minimum Gasteiger partial charge on any atom is -0.484 e. The van der Waals surface area contributed by atoms with E-state index in [9.17, 15) is 13.2 Å². The van der Waals surface area contributed by atoms with E-state index >= 15 is 0 Å². The van der Waals surface area contributed by atoms with Crippen molar-refractivity contribution in [1.29, 1.82) is 0 Å². The van der Waals surface area contributed by atoms with Gasteiger partial charge < -0.3 is 15.4 Å². The molecule has 0 unspecified atom stereocenters. The van der Waals surface area contributed by atoms with Gasteiger partial charge in [0.1, 0.15) is 5.75 Å². The van der Waals surface area contributed by atoms with Crippen LogP contribution in [0.5, 0.6) is 5.75 Å². The summed E-state index contributed by atoms with van der Waals surface area (Å²) in [6.07, 6.45) is -4.36. The van der Waals surface area contributed by atoms with Crippen molar-refractivity contribution in [3.8, 4) is 5.75 Å². The summed E-state index contributed by atoms with van der Waals surface area (Å²) in [7, 11) is 0. The first-order valence-corrected chi connectivity index (χ1v) is 7.61. The van der Waals surface area contributed by atoms with Crippen LogP contribution in [-0.4, -0.2) is 31.8 Å². The fourth-order valence-corrected chi connectivity index (χ4v) is 1.74. The lowest BCUT2D eigenvalue weighted by Crippen LogP contribution is -2.39. The topological polar surface area (TPSA) is 45.7 Å². The summed E-state index contributed by atoms with van der Waals surface area (Å²) in [4.78, 5) is 4.39. The van der Waals surface area contributed by atoms with Crippen molar-refractivity contribution in [3.63, 3.8) is 0 Å². The van der Waals surface area contributed by atoms with E-state index in [4.69, 9.17) is 4.74 Å². The number of nitrogens with zero attached hydrogens (tertiary/aromatic N) is 1. The zero-order chi connectivity index (χ0) is 17.3. The molecule has 0 heterocycles. The highest BCUT2D eigenvalue weighted by atomic mass is 127. The standard InChI is InChI=1S/C16H24F3N3O.HI/c1-4-20-15(21-9-12(2)3)22-10-13-7-5-6-8-14(13)23-11-16(17,18)19;/h5-8,12H,4,9-11H2,1-3H3,(H2,20,21,22);1H. The molecular weight excluding hydrogens is 434 g/mol. The van der Waals surface area contributed by atoms with E-state index in [-0.39, 0.29) is 36.3 Å². The average molecular weight is 459 g/mol. The second-order valence-electron chi connectivity index (χ2n) is 5.48. The van der Waals surface area contributed by atoms with Crippen LogP contribution >= 0.6 is 24.0 Å². The van der Waals surface area contributed by atoms with Crippen LogP contribution in [0.1, 0.15) is 26.3 Å². The van der Waals surface area contributed by atoms with E-state index in [1.165, 1.54) is 6.07 Å². The summed E-state index contributed by atoms with van der Waals surface area (Å²) in [5, 5.41) is 6.29. The fraction of sp³-hybridized carbons (Fsp3) is 0.562. The highest BCUT2D eigenvalue weighted by Gasteiger charge is 2.28. The second kappa shape index (κ2) is 11.4. The van der Waals surface area contributed by atoms with Gasteiger partial charge in [-0.3, -0.25) is 0 Å². The lowest BCUT2D eigenvalue weighted by Gasteiger charge is -2.14. The van der Waals surface area contributed by atoms with Crippen LogP contribution in [0.4, 0.5) is 13.2 Å². The molecule has 0 aliphatic rings. The molecule has 0 amide bonds. The van der Waals surface area contributed by atoms with Crippen molar-refractivity contribution in [2.45, 2.75) is 33.5 Å². The number of guanidine groups is 1. The predicted molar refractivity (Wildman–Crippen MR) is 101 cm³/mol. The Morgan fingerprint density at radius 1 is 1.21 bits per heavy atom. The first-order chi connectivity index (χ1) is 10.8. The molecule has 0 spiro atoms. The lowest BCUT2D eigenvalue weighted by molar-refractivity contribution is -0.153. The van der Waals surface area contributed by atoms with Crippen molar-refractivity contribution in [2.75, 3.05) is 19.7 Å². The molecule has 24 heavy (non-hydrogen) atoms. The number of ether oxygens (including phenoxy) is 1. The molecule has 0 fully saturated rings. The molecule has 0 aromatic heterocycles. The van der Waals surface area contributed by atoms with E-state index in [1.807, 2.05) is 6.92 Å². The molecule has 0 aliphatic carbocycles. The Hall–Kier alpha value is -1.19. The van der Waals surface area contributed by atoms with Crippen LogP contribution < -0.4 is 15.4 Å². The number of hydrogen-bond donors (Lipinski definition) is 2. The Morgan fingerprint density at radius 2 is 1.88 bits per heavy atom. The average Bonchev–Trinajstić information content (AvgIpc) is 2.48. The van der Waals surface area contributed by atoms with Crippen molar-refractivity contribution in [3.05, 3.63) is 29.8 Å². The maximum absolute atomic E-state index is 12.3. The summed E-state index contributed by atoms with van der Waals surface area (Å²) in [5.74, 6) is 1.29. The van der Waals surface area contributed by atoms with Crippen LogP contribution in [0.25, 0.3) is 0 Å². The van der Waals surface area contributed by atoms with Crippen LogP contribution in [0.3, 0.4) is 0 Å². The van der Waals surface area contributed by atoms with Crippen LogP contribution in [0.15, 0.2) is 29.3 Å². The van der Waals surface area contributed by atoms with Gasteiger partial charge in [0.25, 0.3) is 0 Å². The second-order valence-corrected chi connectivity index (χ2v) is 5.48. The van der Waals surface area contributed by atoms with Gasteiger partial charge in [0.05, 0.1) is 6.54 Å². The van der Waals surface area contributed by atoms with Crippen molar-refractivity contribution in [1.82, 2.24) is 10.6 Å². The summed E-state index contributed by atoms with van der Waals surface area (Å²) >= 11 is 0. The summed E-state index contributed by atoms with van der Waals surface area (Å²) in [5.41, 5.74) is 0.610. The minimum absolute atomic E-state index is 0. The van der Waals surface area contributed by atoms with Crippen LogP contribution in [0.2, 0.25) is 0 Å². The molecule has 1 rings (SSSR count). The number of aliphatic imine (C=N–C) groups is 1. The summed E-state index contributed by atoms with van der Waals surface area (Å²) in [6, 6.07) is 6.62. The SMILES string of the molecule is CCNC(=NCc1ccccc1OCC(F)(F)F)NCC(C)C.I. The molecule has 138 valence electrons. The Labute approximate surface area is 158 Å². The van der Waals surface area contributed by atoms with Crippen molar-refractivity contribution >= 4 is 29.9 Å². The summed E-state index contributed by atoms with van der Waals surface area (Å²) in [6.45, 7) is 6.51. The molecule has 0 saturated carbocycles. The van der Waals surface area contributed by atoms with Gasteiger partial charge in [-0.2, -0.15) is 13.2 Å². The maximum atomic E-state index is 12.3. The van der Waals surface area contributed by atoms with Gasteiger partial charge in [-0.25, -0.2) is 4.99 Å². The highest BCUT2D eigenvalue weighted by Crippen LogP contribution is 2.22. The minimum atomic E-state index is -4.36. The van der Waals surface area contributed by atoms with E-state index in [1.54, 1.807) is 18.2 Å². The quantitative estimate of drug-likeness (QED) is 0.369. The van der Waals surface area contributed by atoms with Gasteiger partial charge in [0.2, 0.25) is 0 Å². The number of nitrogens with one attached hydrogen (secondary N) is 2. The van der Waals surface area contributed by atoms with Gasteiger partial charge in [0.15, 0.2) is 12.6 Å². The largest absolute Gasteiger partial charge is 0.484 e. The van der Waals surface area contributed by atoms with E-state index in [2.05, 4.69) is 29.5 Å². The third kappa shape index (κ3) is 9.84. The maximum Gasteiger partial charge on any atom is 0.422 e. The number of rotatable bonds is 7. The smallest absolute Gasteiger partial charge is 0.422 e. The number of benzene rings is 1. The van der Waals surface area contributed by atoms with Crippen LogP contribution in [0, 0.1) is 5.92 Å². The number of alkyl halides is 3. The molecule has 1 aromatic rings. The van der Waals surface area contributed by atoms with Gasteiger partial charge in [-0.15, -0.1) is 24.0 Å². The van der Waals surface area contributed by atoms with Crippen LogP contribution in [-0.2, 0) is 6.54 Å². The monoisotopic (exact) mass is 459 g/mol. The first-order valence-electron chi connectivity index (χ1n) is 7.61. The molecular formula is C16H25F3IN3O. The normalized spacial score (nSPS) is 11.9. The Balaban J connectivity index is 0.00000529. The molecule has 1 aromatic carbocycles. The molecule has 8 heteroatoms. The predicted octanol–water partition coefficient (Wildman–Crippen LogP) is 3.96. The zero-order valence-electron chi connectivity index (χ0n) is 14.1. The van der Waals surface area contributed by atoms with Gasteiger partial charge in [0, 0.05) is 18.7 Å². The third-order valence-corrected chi connectivity index (χ3v) is 2.79. The molecule has 0 atom stereocenters. The molecule has 0 bridgehead atoms. The van der Waals surface area contributed by atoms with Gasteiger partial charge >= 0.3 is 6.18 Å². The number of halogens is 4. The number of hydrogen-bond acceptors (Lipinski definition) is 2. The van der Waals surface area contributed by atoms with E-state index in [0.29, 0.717) is 24.0 Å². The highest BCUT2D eigenvalue weighted by molar-refractivity contribution is 14.0. The lowest BCUT2D eigenvalue weighted by atomic mass is 10.2. The number of para-hydroxylation sites is 1. The fourth-order valence-electron chi connectivity index (χ4n) is 1.74. The Bertz CT molecular complexity index is 508. The first kappa shape index (κ1) is 22.8. The third-order valence-electron chi connectivity index (χ3n) is 2.79. The van der Waals surface area contributed by atoms with Crippen molar-refractivity contribution < 1.29 is 17.9 Å². The molecule has 0 radical (unpaired) electrons. The molecule has 2 N–H and O–H groups in total. The van der Waals surface area contributed by atoms with E-state index in [0.717, 1.165) is 6.54 Å². The molecule has 4 nitrogen and oxygen atoms in total. The summed E-state index contributed by atoms with van der Waals surface area (Å²) < 4.78 is 41.7. The Morgan fingerprint density at radius 3 is 2.46 bits per heavy atom. The van der Waals surface area contributed by atoms with Gasteiger partial charge in [-0.1, -0.05) is 32.0 Å². The zero-order valence-corrected chi connectivity index (χ0v) is 16.4. The Kier molecular flexibility index (Phi) is 10.8. The molecule has 0 saturated heterocycles. The van der Waals surface area contributed by atoms with E-state index < -0.39 is 12.8 Å². The van der Waals surface area contributed by atoms with Gasteiger partial charge in [-0.05, 0) is 18.9 Å². The van der Waals surface area contributed by atoms with Crippen molar-refractivity contribution in [2.24, 2.45) is 10.9 Å². The molecule has 0 aliphatic heterocycles.